The molecule has 15 nitrogen and oxygen atoms in total. The quantitative estimate of drug-likeness (QED) is 0.180. The number of rotatable bonds is 10. The summed E-state index contributed by atoms with van der Waals surface area (Å²) in [7, 11) is 5.35. The third-order valence-electron chi connectivity index (χ3n) is 12.8. The number of likely N-dealkylation sites (N-methyl/N-ethyl adjacent to an activating group) is 1. The van der Waals surface area contributed by atoms with Gasteiger partial charge in [0.15, 0.2) is 17.7 Å². The number of nitrogens with zero attached hydrogens (tertiary/aromatic N) is 4. The summed E-state index contributed by atoms with van der Waals surface area (Å²) in [5.74, 6) is -3.86. The maximum atomic E-state index is 14.3. The second kappa shape index (κ2) is 17.8. The summed E-state index contributed by atoms with van der Waals surface area (Å²) in [5.41, 5.74) is 9.09. The number of nitrogens with one attached hydrogen (secondary N) is 1. The Balaban J connectivity index is 1.46. The predicted molar refractivity (Wildman–Crippen MR) is 210 cm³/mol. The minimum atomic E-state index is -1.31. The van der Waals surface area contributed by atoms with Crippen LogP contribution in [0.1, 0.15) is 81.1 Å². The summed E-state index contributed by atoms with van der Waals surface area (Å²) in [6.45, 7) is 15.7. The molecule has 4 N–H and O–H groups in total. The van der Waals surface area contributed by atoms with Crippen LogP contribution < -0.4 is 11.2 Å². The Hall–Kier alpha value is -3.18. The highest BCUT2D eigenvalue weighted by Gasteiger charge is 2.60. The first-order valence-corrected chi connectivity index (χ1v) is 20.2. The van der Waals surface area contributed by atoms with Gasteiger partial charge < -0.3 is 39.4 Å². The van der Waals surface area contributed by atoms with Crippen molar-refractivity contribution in [3.05, 3.63) is 30.5 Å². The van der Waals surface area contributed by atoms with Gasteiger partial charge in [0.05, 0.1) is 35.6 Å². The molecule has 1 aromatic carbocycles. The van der Waals surface area contributed by atoms with E-state index in [2.05, 4.69) is 10.5 Å². The summed E-state index contributed by atoms with van der Waals surface area (Å²) < 4.78 is 33.4. The van der Waals surface area contributed by atoms with E-state index < -0.39 is 77.6 Å². The molecule has 2 aromatic rings. The van der Waals surface area contributed by atoms with E-state index in [1.54, 1.807) is 21.0 Å². The number of carbonyl (C=O) groups is 3. The highest BCUT2D eigenvalue weighted by Crippen LogP contribution is 2.43. The van der Waals surface area contributed by atoms with E-state index in [0.29, 0.717) is 38.8 Å². The zero-order valence-corrected chi connectivity index (χ0v) is 35.1. The number of hydrogen-bond donors (Lipinski definition) is 3. The SMILES string of the molecule is CC[C@H]1OC(=O)[C@H](C)C(=O)[C@H](C)[C@@H](O[C@@H]2O[C@H](C)C[C@H](N(C)C)[C@H]2O)[C@@](C)(OC)C[C@@H](C)C(N)[C@H](C)[C@H]2N(NCCCn3ncc4ccccc43)C(=O)O[C@]12C. The van der Waals surface area contributed by atoms with E-state index in [1.165, 1.54) is 11.9 Å². The fourth-order valence-electron chi connectivity index (χ4n) is 9.39. The summed E-state index contributed by atoms with van der Waals surface area (Å²) in [5, 5.41) is 18.5. The van der Waals surface area contributed by atoms with Gasteiger partial charge in [-0.05, 0) is 85.4 Å². The van der Waals surface area contributed by atoms with Crippen molar-refractivity contribution in [3.63, 3.8) is 0 Å². The predicted octanol–water partition coefficient (Wildman–Crippen LogP) is 3.89. The van der Waals surface area contributed by atoms with Gasteiger partial charge in [-0.15, -0.1) is 0 Å². The molecule has 1 amide bonds. The first kappa shape index (κ1) is 43.9. The van der Waals surface area contributed by atoms with Crippen molar-refractivity contribution in [1.29, 1.82) is 0 Å². The average molecular weight is 787 g/mol. The molecule has 0 radical (unpaired) electrons. The maximum Gasteiger partial charge on any atom is 0.425 e. The van der Waals surface area contributed by atoms with Crippen molar-refractivity contribution >= 4 is 28.7 Å². The van der Waals surface area contributed by atoms with Crippen LogP contribution in [0.4, 0.5) is 4.79 Å². The molecule has 3 saturated heterocycles. The summed E-state index contributed by atoms with van der Waals surface area (Å²) in [4.78, 5) is 44.1. The number of hydrazine groups is 1. The molecule has 4 heterocycles. The third kappa shape index (κ3) is 8.64. The normalized spacial score (nSPS) is 39.0. The van der Waals surface area contributed by atoms with Crippen LogP contribution in [-0.4, -0.2) is 130 Å². The van der Waals surface area contributed by atoms with Crippen molar-refractivity contribution in [3.8, 4) is 0 Å². The Labute approximate surface area is 331 Å². The fraction of sp³-hybridized carbons (Fsp3) is 0.756. The van der Waals surface area contributed by atoms with Gasteiger partial charge in [0.2, 0.25) is 0 Å². The molecule has 15 heteroatoms. The molecule has 5 rings (SSSR count). The standard InChI is InChI=1S/C41H66N6O9/c1-12-31-41(8)35(47(39(51)56-41)43-18-15-19-46-29-17-14-13-16-28(29)22-44-46)25(4)32(42)23(2)21-40(7,52-11)36(26(5)33(48)27(6)37(50)54-31)55-38-34(49)30(45(9)10)20-24(3)53-38/h13-14,16-17,22-27,30-32,34-36,38,43,49H,12,15,18-21,42H2,1-11H3/t23-,24-,25+,26+,27-,30+,31-,32?,34-,35-,36-,38+,40+,41-/m1/s1. The number of methoxy groups -OCH3 is 1. The number of benzene rings is 1. The number of hydrogen-bond acceptors (Lipinski definition) is 13. The van der Waals surface area contributed by atoms with Crippen molar-refractivity contribution in [2.45, 2.75) is 148 Å². The van der Waals surface area contributed by atoms with E-state index >= 15 is 0 Å². The van der Waals surface area contributed by atoms with E-state index in [-0.39, 0.29) is 24.0 Å². The zero-order chi connectivity index (χ0) is 41.3. The van der Waals surface area contributed by atoms with Crippen LogP contribution in [0.2, 0.25) is 0 Å². The molecule has 3 aliphatic heterocycles. The smallest absolute Gasteiger partial charge is 0.425 e. The van der Waals surface area contributed by atoms with Crippen LogP contribution in [0, 0.1) is 23.7 Å². The number of cyclic esters (lactones) is 1. The molecule has 0 aliphatic carbocycles. The fourth-order valence-corrected chi connectivity index (χ4v) is 9.39. The lowest BCUT2D eigenvalue weighted by atomic mass is 9.72. The highest BCUT2D eigenvalue weighted by atomic mass is 16.7. The zero-order valence-electron chi connectivity index (χ0n) is 35.1. The lowest BCUT2D eigenvalue weighted by Crippen LogP contribution is -2.63. The first-order valence-electron chi connectivity index (χ1n) is 20.2. The Morgan fingerprint density at radius 1 is 1.11 bits per heavy atom. The molecule has 3 aliphatic rings. The number of esters is 1. The van der Waals surface area contributed by atoms with Crippen LogP contribution in [0.25, 0.3) is 10.9 Å². The van der Waals surface area contributed by atoms with Crippen LogP contribution >= 0.6 is 0 Å². The number of fused-ring (bicyclic) bond motifs is 2. The van der Waals surface area contributed by atoms with Crippen LogP contribution in [0.3, 0.4) is 0 Å². The minimum absolute atomic E-state index is 0.227. The van der Waals surface area contributed by atoms with E-state index in [9.17, 15) is 19.5 Å². The Kier molecular flexibility index (Phi) is 13.9. The number of para-hydroxylation sites is 1. The molecule has 0 spiro atoms. The maximum absolute atomic E-state index is 14.3. The van der Waals surface area contributed by atoms with Gasteiger partial charge in [0.25, 0.3) is 0 Å². The van der Waals surface area contributed by atoms with Gasteiger partial charge in [-0.2, -0.15) is 5.10 Å². The van der Waals surface area contributed by atoms with Crippen molar-refractivity contribution < 1.29 is 43.2 Å². The molecule has 1 aromatic heterocycles. The second-order valence-corrected chi connectivity index (χ2v) is 17.1. The van der Waals surface area contributed by atoms with E-state index in [4.69, 9.17) is 29.4 Å². The minimum Gasteiger partial charge on any atom is -0.458 e. The molecular weight excluding hydrogens is 720 g/mol. The Bertz CT molecular complexity index is 1670. The van der Waals surface area contributed by atoms with Gasteiger partial charge in [0, 0.05) is 43.6 Å². The van der Waals surface area contributed by atoms with Crippen LogP contribution in [0.15, 0.2) is 30.5 Å². The monoisotopic (exact) mass is 786 g/mol. The summed E-state index contributed by atoms with van der Waals surface area (Å²) in [6.07, 6.45) is -1.01. The molecule has 0 bridgehead atoms. The number of aliphatic hydroxyl groups is 1. The van der Waals surface area contributed by atoms with Crippen LogP contribution in [0.5, 0.6) is 0 Å². The second-order valence-electron chi connectivity index (χ2n) is 17.1. The lowest BCUT2D eigenvalue weighted by molar-refractivity contribution is -0.295. The summed E-state index contributed by atoms with van der Waals surface area (Å²) >= 11 is 0. The summed E-state index contributed by atoms with van der Waals surface area (Å²) in [6, 6.07) is 6.55. The lowest BCUT2D eigenvalue weighted by Gasteiger charge is -2.48. The molecule has 314 valence electrons. The third-order valence-corrected chi connectivity index (χ3v) is 12.8. The molecule has 0 saturated carbocycles. The highest BCUT2D eigenvalue weighted by molar-refractivity contribution is 6.00. The molecule has 1 unspecified atom stereocenters. The van der Waals surface area contributed by atoms with Gasteiger partial charge in [0.1, 0.15) is 18.1 Å². The number of carbonyl (C=O) groups excluding carboxylic acids is 3. The number of nitrogens with two attached hydrogens (primary N) is 1. The largest absolute Gasteiger partial charge is 0.458 e. The number of ketones is 1. The van der Waals surface area contributed by atoms with Crippen LogP contribution in [-0.2, 0) is 39.8 Å². The average Bonchev–Trinajstić information content (AvgIpc) is 3.70. The number of aryl methyl sites for hydroxylation is 1. The number of aliphatic hydroxyl groups excluding tert-OH is 1. The van der Waals surface area contributed by atoms with Gasteiger partial charge in [-0.1, -0.05) is 45.9 Å². The van der Waals surface area contributed by atoms with Crippen molar-refractivity contribution in [1.82, 2.24) is 25.1 Å². The molecule has 56 heavy (non-hydrogen) atoms. The van der Waals surface area contributed by atoms with Gasteiger partial charge in [-0.25, -0.2) is 15.2 Å². The molecule has 14 atom stereocenters. The topological polar surface area (TPSA) is 180 Å². The molecule has 3 fully saturated rings. The number of ether oxygens (including phenoxy) is 5. The Morgan fingerprint density at radius 2 is 1.80 bits per heavy atom. The number of amides is 1. The van der Waals surface area contributed by atoms with Crippen molar-refractivity contribution in [2.75, 3.05) is 27.7 Å². The first-order chi connectivity index (χ1) is 26.4. The Morgan fingerprint density at radius 3 is 2.46 bits per heavy atom. The van der Waals surface area contributed by atoms with Gasteiger partial charge in [-0.3, -0.25) is 14.3 Å². The van der Waals surface area contributed by atoms with E-state index in [0.717, 1.165) is 10.9 Å². The molecular formula is C41H66N6O9. The van der Waals surface area contributed by atoms with Crippen molar-refractivity contribution in [2.24, 2.45) is 29.4 Å². The number of aromatic nitrogens is 2. The number of Topliss-reactive ketones (excluding diaryl/α,β-unsaturated/α-hetero) is 1. The van der Waals surface area contributed by atoms with E-state index in [1.807, 2.05) is 88.8 Å². The van der Waals surface area contributed by atoms with Gasteiger partial charge >= 0.3 is 12.1 Å².